The molecule has 0 bridgehead atoms. The standard InChI is InChI=1S/C25H33ClN2O3/c1-25(2,3)31-23(29)19-30-18-17-27-13-15-28(16-14-27)24(20-7-5-4-6-8-20)21-9-11-22(26)12-10-21/h4-12,24H,13-19H2,1-3H3/i13D2,14D2,15D2,16D2. The van der Waals surface area contributed by atoms with Gasteiger partial charge < -0.3 is 9.47 Å². The molecule has 2 aromatic rings. The Morgan fingerprint density at radius 3 is 2.26 bits per heavy atom. The summed E-state index contributed by atoms with van der Waals surface area (Å²) in [4.78, 5) is 13.0. The van der Waals surface area contributed by atoms with Crippen molar-refractivity contribution in [2.45, 2.75) is 32.4 Å². The van der Waals surface area contributed by atoms with Gasteiger partial charge in [0, 0.05) is 48.5 Å². The van der Waals surface area contributed by atoms with Crippen LogP contribution in [0.25, 0.3) is 0 Å². The number of hydrogen-bond donors (Lipinski definition) is 0. The summed E-state index contributed by atoms with van der Waals surface area (Å²) in [6.45, 7) is -8.49. The smallest absolute Gasteiger partial charge is 0.332 e. The molecule has 1 saturated heterocycles. The van der Waals surface area contributed by atoms with Gasteiger partial charge in [0.2, 0.25) is 0 Å². The van der Waals surface area contributed by atoms with Crippen molar-refractivity contribution in [1.29, 1.82) is 0 Å². The number of esters is 1. The molecule has 1 aliphatic rings. The van der Waals surface area contributed by atoms with Crippen molar-refractivity contribution in [2.75, 3.05) is 45.7 Å². The SMILES string of the molecule is [2H]C1([2H])N(CCOCC(=O)OC(C)(C)C)C([2H])([2H])C([2H])([2H])N(C(c2ccccc2)c2ccc(Cl)cc2)C1([2H])[2H]. The van der Waals surface area contributed by atoms with Crippen LogP contribution in [0.1, 0.15) is 48.9 Å². The van der Waals surface area contributed by atoms with Crippen LogP contribution < -0.4 is 0 Å². The van der Waals surface area contributed by atoms with Gasteiger partial charge in [0.1, 0.15) is 12.2 Å². The summed E-state index contributed by atoms with van der Waals surface area (Å²) >= 11 is 6.05. The van der Waals surface area contributed by atoms with Gasteiger partial charge in [0.15, 0.2) is 0 Å². The first-order valence-corrected chi connectivity index (χ1v) is 10.4. The number of rotatable bonds is 8. The zero-order chi connectivity index (χ0) is 29.4. The molecule has 5 nitrogen and oxygen atoms in total. The van der Waals surface area contributed by atoms with Crippen molar-refractivity contribution < 1.29 is 25.2 Å². The maximum absolute atomic E-state index is 11.9. The lowest BCUT2D eigenvalue weighted by Gasteiger charge is -2.39. The quantitative estimate of drug-likeness (QED) is 0.438. The van der Waals surface area contributed by atoms with Gasteiger partial charge in [-0.2, -0.15) is 0 Å². The Hall–Kier alpha value is -1.92. The Bertz CT molecular complexity index is 1120. The van der Waals surface area contributed by atoms with Crippen molar-refractivity contribution in [3.8, 4) is 0 Å². The highest BCUT2D eigenvalue weighted by Crippen LogP contribution is 2.30. The van der Waals surface area contributed by atoms with E-state index in [2.05, 4.69) is 0 Å². The molecule has 6 heteroatoms. The van der Waals surface area contributed by atoms with Crippen molar-refractivity contribution in [3.63, 3.8) is 0 Å². The summed E-state index contributed by atoms with van der Waals surface area (Å²) in [5.74, 6) is -0.669. The number of halogens is 1. The molecule has 1 heterocycles. The molecule has 1 atom stereocenters. The highest BCUT2D eigenvalue weighted by atomic mass is 35.5. The maximum atomic E-state index is 11.9. The molecule has 0 aliphatic carbocycles. The zero-order valence-electron chi connectivity index (χ0n) is 25.9. The number of benzene rings is 2. The van der Waals surface area contributed by atoms with Crippen LogP contribution in [0.5, 0.6) is 0 Å². The summed E-state index contributed by atoms with van der Waals surface area (Å²) in [7, 11) is 0. The first-order chi connectivity index (χ1) is 17.8. The van der Waals surface area contributed by atoms with Gasteiger partial charge in [-0.3, -0.25) is 9.80 Å². The first kappa shape index (κ1) is 15.0. The third kappa shape index (κ3) is 7.62. The Kier molecular flexibility index (Phi) is 5.37. The van der Waals surface area contributed by atoms with Crippen molar-refractivity contribution in [1.82, 2.24) is 9.80 Å². The largest absolute Gasteiger partial charge is 0.458 e. The van der Waals surface area contributed by atoms with Crippen molar-refractivity contribution >= 4 is 17.6 Å². The van der Waals surface area contributed by atoms with E-state index in [1.54, 1.807) is 75.4 Å². The summed E-state index contributed by atoms with van der Waals surface area (Å²) in [5.41, 5.74) is 0.101. The molecule has 31 heavy (non-hydrogen) atoms. The molecular weight excluding hydrogens is 412 g/mol. The molecular formula is C25H33ClN2O3. The molecule has 1 aliphatic heterocycles. The molecule has 0 spiro atoms. The minimum atomic E-state index is -3.05. The molecule has 0 amide bonds. The molecule has 0 N–H and O–H groups in total. The van der Waals surface area contributed by atoms with E-state index in [9.17, 15) is 4.79 Å². The third-order valence-electron chi connectivity index (χ3n) is 4.27. The average molecular weight is 453 g/mol. The van der Waals surface area contributed by atoms with Crippen LogP contribution in [-0.2, 0) is 14.3 Å². The Morgan fingerprint density at radius 1 is 1.03 bits per heavy atom. The second kappa shape index (κ2) is 11.1. The molecule has 168 valence electrons. The monoisotopic (exact) mass is 452 g/mol. The van der Waals surface area contributed by atoms with Crippen LogP contribution in [0.3, 0.4) is 0 Å². The van der Waals surface area contributed by atoms with E-state index < -0.39 is 56.8 Å². The zero-order valence-corrected chi connectivity index (χ0v) is 18.6. The Morgan fingerprint density at radius 2 is 1.65 bits per heavy atom. The van der Waals surface area contributed by atoms with Gasteiger partial charge in [0.25, 0.3) is 0 Å². The summed E-state index contributed by atoms with van der Waals surface area (Å²) in [6.07, 6.45) is 0. The maximum Gasteiger partial charge on any atom is 0.332 e. The van der Waals surface area contributed by atoms with E-state index in [1.807, 2.05) is 0 Å². The highest BCUT2D eigenvalue weighted by Gasteiger charge is 2.26. The molecule has 0 saturated carbocycles. The van der Waals surface area contributed by atoms with Gasteiger partial charge in [-0.25, -0.2) is 4.79 Å². The van der Waals surface area contributed by atoms with Crippen LogP contribution in [0.4, 0.5) is 0 Å². The minimum Gasteiger partial charge on any atom is -0.458 e. The van der Waals surface area contributed by atoms with E-state index in [0.29, 0.717) is 25.9 Å². The van der Waals surface area contributed by atoms with E-state index in [-0.39, 0.29) is 6.61 Å². The summed E-state index contributed by atoms with van der Waals surface area (Å²) in [5, 5.41) is 0.401. The van der Waals surface area contributed by atoms with E-state index in [4.69, 9.17) is 32.0 Å². The minimum absolute atomic E-state index is 0.371. The van der Waals surface area contributed by atoms with Gasteiger partial charge in [-0.1, -0.05) is 54.1 Å². The fourth-order valence-corrected chi connectivity index (χ4v) is 3.10. The second-order valence-electron chi connectivity index (χ2n) is 7.97. The van der Waals surface area contributed by atoms with Crippen LogP contribution in [0.2, 0.25) is 5.02 Å². The molecule has 2 aromatic carbocycles. The van der Waals surface area contributed by atoms with Crippen molar-refractivity contribution in [3.05, 3.63) is 70.7 Å². The molecule has 3 rings (SSSR count). The Labute approximate surface area is 202 Å². The lowest BCUT2D eigenvalue weighted by Crippen LogP contribution is -2.48. The van der Waals surface area contributed by atoms with Gasteiger partial charge >= 0.3 is 5.97 Å². The lowest BCUT2D eigenvalue weighted by molar-refractivity contribution is -0.160. The fourth-order valence-electron chi connectivity index (χ4n) is 2.98. The van der Waals surface area contributed by atoms with Crippen LogP contribution in [-0.4, -0.2) is 67.1 Å². The lowest BCUT2D eigenvalue weighted by atomic mass is 9.96. The van der Waals surface area contributed by atoms with E-state index in [0.717, 1.165) is 0 Å². The fraction of sp³-hybridized carbons (Fsp3) is 0.480. The summed E-state index contributed by atoms with van der Waals surface area (Å²) < 4.78 is 81.0. The predicted octanol–water partition coefficient (Wildman–Crippen LogP) is 4.41. The Balaban J connectivity index is 1.99. The van der Waals surface area contributed by atoms with Crippen LogP contribution in [0.15, 0.2) is 54.6 Å². The number of piperazine rings is 1. The van der Waals surface area contributed by atoms with Gasteiger partial charge in [-0.15, -0.1) is 0 Å². The molecule has 0 radical (unpaired) electrons. The van der Waals surface area contributed by atoms with E-state index in [1.165, 1.54) is 0 Å². The number of carbonyl (C=O) groups excluding carboxylic acids is 1. The number of ether oxygens (including phenoxy) is 2. The topological polar surface area (TPSA) is 42.0 Å². The highest BCUT2D eigenvalue weighted by molar-refractivity contribution is 6.30. The summed E-state index contributed by atoms with van der Waals surface area (Å²) in [6, 6.07) is 13.5. The molecule has 1 unspecified atom stereocenters. The van der Waals surface area contributed by atoms with E-state index >= 15 is 0 Å². The van der Waals surface area contributed by atoms with Gasteiger partial charge in [0.05, 0.1) is 12.6 Å². The van der Waals surface area contributed by atoms with Crippen LogP contribution in [0, 0.1) is 0 Å². The number of carbonyl (C=O) groups is 1. The second-order valence-corrected chi connectivity index (χ2v) is 8.41. The van der Waals surface area contributed by atoms with Crippen molar-refractivity contribution in [2.24, 2.45) is 0 Å². The normalized spacial score (nSPS) is 27.1. The molecule has 1 fully saturated rings. The van der Waals surface area contributed by atoms with Gasteiger partial charge in [-0.05, 0) is 44.0 Å². The number of hydrogen-bond acceptors (Lipinski definition) is 5. The molecule has 0 aromatic heterocycles. The first-order valence-electron chi connectivity index (χ1n) is 14.0. The number of nitrogens with zero attached hydrogens (tertiary/aromatic N) is 2. The third-order valence-corrected chi connectivity index (χ3v) is 4.52. The van der Waals surface area contributed by atoms with Crippen LogP contribution >= 0.6 is 11.6 Å². The predicted molar refractivity (Wildman–Crippen MR) is 124 cm³/mol. The average Bonchev–Trinajstić information content (AvgIpc) is 2.81.